The molecule has 0 bridgehead atoms. The molecule has 2 aromatic heterocycles. The van der Waals surface area contributed by atoms with E-state index < -0.39 is 0 Å². The fraction of sp³-hybridized carbons (Fsp3) is 0.160. The zero-order chi connectivity index (χ0) is 21.2. The van der Waals surface area contributed by atoms with E-state index in [0.29, 0.717) is 10.0 Å². The van der Waals surface area contributed by atoms with Gasteiger partial charge in [0.2, 0.25) is 0 Å². The molecule has 0 saturated carbocycles. The van der Waals surface area contributed by atoms with Crippen LogP contribution in [-0.2, 0) is 19.5 Å². The van der Waals surface area contributed by atoms with Gasteiger partial charge >= 0.3 is 0 Å². The predicted octanol–water partition coefficient (Wildman–Crippen LogP) is 6.07. The van der Waals surface area contributed by atoms with E-state index >= 15 is 0 Å². The molecule has 0 saturated heterocycles. The number of aromatic nitrogens is 3. The summed E-state index contributed by atoms with van der Waals surface area (Å²) in [7, 11) is 0. The monoisotopic (exact) mass is 446 g/mol. The normalized spacial score (nSPS) is 13.7. The van der Waals surface area contributed by atoms with Gasteiger partial charge in [0.15, 0.2) is 5.82 Å². The molecule has 4 nitrogen and oxygen atoms in total. The van der Waals surface area contributed by atoms with Crippen molar-refractivity contribution in [3.63, 3.8) is 0 Å². The van der Waals surface area contributed by atoms with Crippen LogP contribution in [0.4, 0.5) is 0 Å². The average molecular weight is 447 g/mol. The summed E-state index contributed by atoms with van der Waals surface area (Å²) in [6.45, 7) is 2.64. The summed E-state index contributed by atoms with van der Waals surface area (Å²) in [5, 5.41) is 1.22. The third-order valence-corrected chi connectivity index (χ3v) is 5.87. The topological polar surface area (TPSA) is 41.9 Å². The van der Waals surface area contributed by atoms with Crippen LogP contribution < -0.4 is 0 Å². The molecule has 2 aromatic carbocycles. The maximum absolute atomic E-state index is 6.12. The van der Waals surface area contributed by atoms with E-state index in [1.165, 1.54) is 11.1 Å². The molecule has 4 aromatic rings. The van der Waals surface area contributed by atoms with E-state index in [9.17, 15) is 0 Å². The molecular formula is C25H20Cl2N4. The van der Waals surface area contributed by atoms with Crippen LogP contribution in [0.2, 0.25) is 10.0 Å². The minimum Gasteiger partial charge on any atom is -0.294 e. The van der Waals surface area contributed by atoms with Crippen molar-refractivity contribution in [3.05, 3.63) is 99.9 Å². The molecule has 0 radical (unpaired) electrons. The van der Waals surface area contributed by atoms with E-state index in [-0.39, 0.29) is 0 Å². The Bertz CT molecular complexity index is 1190. The second-order valence-corrected chi connectivity index (χ2v) is 8.57. The molecule has 1 aliphatic rings. The van der Waals surface area contributed by atoms with Crippen LogP contribution in [0.15, 0.2) is 73.1 Å². The van der Waals surface area contributed by atoms with Gasteiger partial charge < -0.3 is 0 Å². The lowest BCUT2D eigenvalue weighted by molar-refractivity contribution is 0.242. The number of halogens is 2. The minimum atomic E-state index is 0.609. The van der Waals surface area contributed by atoms with Crippen LogP contribution in [0.3, 0.4) is 0 Å². The maximum Gasteiger partial charge on any atom is 0.159 e. The fourth-order valence-corrected chi connectivity index (χ4v) is 4.41. The van der Waals surface area contributed by atoms with Gasteiger partial charge in [0.1, 0.15) is 0 Å². The molecule has 0 atom stereocenters. The Morgan fingerprint density at radius 2 is 1.65 bits per heavy atom. The first-order chi connectivity index (χ1) is 15.1. The Kier molecular flexibility index (Phi) is 5.68. The molecule has 0 fully saturated rings. The van der Waals surface area contributed by atoms with E-state index in [0.717, 1.165) is 54.4 Å². The molecule has 5 rings (SSSR count). The van der Waals surface area contributed by atoms with Crippen molar-refractivity contribution in [1.29, 1.82) is 0 Å². The largest absolute Gasteiger partial charge is 0.294 e. The number of benzene rings is 2. The van der Waals surface area contributed by atoms with Gasteiger partial charge in [0.25, 0.3) is 0 Å². The Hall–Kier alpha value is -2.79. The number of nitrogens with zero attached hydrogens (tertiary/aromatic N) is 4. The van der Waals surface area contributed by atoms with Gasteiger partial charge in [-0.1, -0.05) is 59.6 Å². The van der Waals surface area contributed by atoms with Crippen molar-refractivity contribution in [2.45, 2.75) is 19.5 Å². The van der Waals surface area contributed by atoms with Gasteiger partial charge in [-0.25, -0.2) is 9.97 Å². The van der Waals surface area contributed by atoms with Crippen molar-refractivity contribution in [3.8, 4) is 22.6 Å². The van der Waals surface area contributed by atoms with Gasteiger partial charge in [0, 0.05) is 65.2 Å². The zero-order valence-electron chi connectivity index (χ0n) is 16.8. The van der Waals surface area contributed by atoms with Crippen molar-refractivity contribution in [1.82, 2.24) is 19.9 Å². The molecule has 6 heteroatoms. The van der Waals surface area contributed by atoms with Crippen LogP contribution in [-0.4, -0.2) is 26.4 Å². The van der Waals surface area contributed by atoms with Crippen molar-refractivity contribution < 1.29 is 0 Å². The van der Waals surface area contributed by atoms with Crippen molar-refractivity contribution >= 4 is 23.2 Å². The number of fused-ring (bicyclic) bond motifs is 1. The lowest BCUT2D eigenvalue weighted by Crippen LogP contribution is -2.31. The summed E-state index contributed by atoms with van der Waals surface area (Å²) < 4.78 is 0. The fourth-order valence-electron chi connectivity index (χ4n) is 3.88. The number of hydrogen-bond acceptors (Lipinski definition) is 4. The van der Waals surface area contributed by atoms with E-state index in [2.05, 4.69) is 20.9 Å². The zero-order valence-corrected chi connectivity index (χ0v) is 18.3. The highest BCUT2D eigenvalue weighted by atomic mass is 35.5. The van der Waals surface area contributed by atoms with Gasteiger partial charge in [-0.15, -0.1) is 0 Å². The first kappa shape index (κ1) is 20.1. The maximum atomic E-state index is 6.12. The van der Waals surface area contributed by atoms with Gasteiger partial charge in [-0.05, 0) is 29.8 Å². The second kappa shape index (κ2) is 8.75. The molecule has 1 aliphatic heterocycles. The Labute approximate surface area is 191 Å². The summed E-state index contributed by atoms with van der Waals surface area (Å²) >= 11 is 12.2. The first-order valence-electron chi connectivity index (χ1n) is 10.2. The van der Waals surface area contributed by atoms with E-state index in [1.807, 2.05) is 60.9 Å². The van der Waals surface area contributed by atoms with Crippen LogP contribution in [0.5, 0.6) is 0 Å². The van der Waals surface area contributed by atoms with Crippen LogP contribution in [0, 0.1) is 0 Å². The van der Waals surface area contributed by atoms with Gasteiger partial charge in [0.05, 0.1) is 11.4 Å². The quantitative estimate of drug-likeness (QED) is 0.381. The standard InChI is InChI=1S/C25H20Cl2N4/c26-21-10-19(11-22(27)12-21)23-7-6-17(13-28-23)15-31-9-8-24-20(16-31)14-29-25(30-24)18-4-2-1-3-5-18/h1-7,10-14H,8-9,15-16H2. The molecule has 0 N–H and O–H groups in total. The first-order valence-corrected chi connectivity index (χ1v) is 10.9. The Morgan fingerprint density at radius 3 is 2.39 bits per heavy atom. The van der Waals surface area contributed by atoms with Crippen LogP contribution in [0.1, 0.15) is 16.8 Å². The third kappa shape index (κ3) is 4.62. The number of pyridine rings is 1. The highest BCUT2D eigenvalue weighted by Crippen LogP contribution is 2.27. The summed E-state index contributed by atoms with van der Waals surface area (Å²) in [5.74, 6) is 0.800. The van der Waals surface area contributed by atoms with E-state index in [4.69, 9.17) is 28.2 Å². The van der Waals surface area contributed by atoms with Crippen LogP contribution >= 0.6 is 23.2 Å². The summed E-state index contributed by atoms with van der Waals surface area (Å²) in [5.41, 5.74) is 6.35. The molecule has 0 unspecified atom stereocenters. The summed E-state index contributed by atoms with van der Waals surface area (Å²) in [4.78, 5) is 16.4. The minimum absolute atomic E-state index is 0.609. The molecular weight excluding hydrogens is 427 g/mol. The Balaban J connectivity index is 1.28. The predicted molar refractivity (Wildman–Crippen MR) is 125 cm³/mol. The molecule has 3 heterocycles. The lowest BCUT2D eigenvalue weighted by atomic mass is 10.1. The third-order valence-electron chi connectivity index (χ3n) is 5.43. The molecule has 31 heavy (non-hydrogen) atoms. The second-order valence-electron chi connectivity index (χ2n) is 7.70. The lowest BCUT2D eigenvalue weighted by Gasteiger charge is -2.28. The van der Waals surface area contributed by atoms with Gasteiger partial charge in [-0.2, -0.15) is 0 Å². The Morgan fingerprint density at radius 1 is 0.839 bits per heavy atom. The summed E-state index contributed by atoms with van der Waals surface area (Å²) in [6.07, 6.45) is 4.82. The number of rotatable bonds is 4. The molecule has 0 aliphatic carbocycles. The van der Waals surface area contributed by atoms with Crippen molar-refractivity contribution in [2.75, 3.05) is 6.54 Å². The SMILES string of the molecule is Clc1cc(Cl)cc(-c2ccc(CN3CCc4nc(-c5ccccc5)ncc4C3)cn2)c1. The molecule has 0 spiro atoms. The highest BCUT2D eigenvalue weighted by molar-refractivity contribution is 6.35. The highest BCUT2D eigenvalue weighted by Gasteiger charge is 2.19. The van der Waals surface area contributed by atoms with Gasteiger partial charge in [-0.3, -0.25) is 9.88 Å². The number of hydrogen-bond donors (Lipinski definition) is 0. The molecule has 0 amide bonds. The smallest absolute Gasteiger partial charge is 0.159 e. The van der Waals surface area contributed by atoms with Crippen molar-refractivity contribution in [2.24, 2.45) is 0 Å². The average Bonchev–Trinajstić information content (AvgIpc) is 2.79. The van der Waals surface area contributed by atoms with E-state index in [1.54, 1.807) is 6.07 Å². The van der Waals surface area contributed by atoms with Crippen LogP contribution in [0.25, 0.3) is 22.6 Å². The summed E-state index contributed by atoms with van der Waals surface area (Å²) in [6, 6.07) is 19.7. The molecule has 154 valence electrons.